The van der Waals surface area contributed by atoms with E-state index in [4.69, 9.17) is 4.74 Å². The van der Waals surface area contributed by atoms with Gasteiger partial charge in [-0.2, -0.15) is 0 Å². The van der Waals surface area contributed by atoms with Gasteiger partial charge in [0.15, 0.2) is 0 Å². The first kappa shape index (κ1) is 15.7. The molecule has 0 radical (unpaired) electrons. The SMILES string of the molecule is COCCCCNC(=O)CC1CCCN1.Cl. The average molecular weight is 251 g/mol. The fourth-order valence-electron chi connectivity index (χ4n) is 1.83. The van der Waals surface area contributed by atoms with E-state index in [1.54, 1.807) is 7.11 Å². The molecule has 0 aromatic heterocycles. The molecule has 4 nitrogen and oxygen atoms in total. The Labute approximate surface area is 104 Å². The topological polar surface area (TPSA) is 50.4 Å². The average Bonchev–Trinajstić information content (AvgIpc) is 2.70. The molecule has 0 aliphatic carbocycles. The summed E-state index contributed by atoms with van der Waals surface area (Å²) in [7, 11) is 1.70. The number of nitrogens with one attached hydrogen (secondary N) is 2. The van der Waals surface area contributed by atoms with Crippen molar-refractivity contribution in [1.29, 1.82) is 0 Å². The number of halogens is 1. The maximum Gasteiger partial charge on any atom is 0.221 e. The fraction of sp³-hybridized carbons (Fsp3) is 0.909. The van der Waals surface area contributed by atoms with Crippen LogP contribution in [0.1, 0.15) is 32.1 Å². The Kier molecular flexibility index (Phi) is 9.68. The largest absolute Gasteiger partial charge is 0.385 e. The van der Waals surface area contributed by atoms with Crippen LogP contribution in [-0.2, 0) is 9.53 Å². The van der Waals surface area contributed by atoms with Crippen molar-refractivity contribution in [3.05, 3.63) is 0 Å². The zero-order valence-electron chi connectivity index (χ0n) is 9.96. The molecule has 0 aromatic rings. The summed E-state index contributed by atoms with van der Waals surface area (Å²) in [6.07, 6.45) is 4.98. The molecular weight excluding hydrogens is 228 g/mol. The molecule has 1 heterocycles. The summed E-state index contributed by atoms with van der Waals surface area (Å²) >= 11 is 0. The lowest BCUT2D eigenvalue weighted by atomic mass is 10.1. The van der Waals surface area contributed by atoms with Crippen LogP contribution in [0.4, 0.5) is 0 Å². The lowest BCUT2D eigenvalue weighted by Crippen LogP contribution is -2.32. The maximum absolute atomic E-state index is 11.4. The standard InChI is InChI=1S/C11H22N2O2.ClH/c1-15-8-3-2-6-13-11(14)9-10-5-4-7-12-10;/h10,12H,2-9H2,1H3,(H,13,14);1H. The van der Waals surface area contributed by atoms with E-state index < -0.39 is 0 Å². The van der Waals surface area contributed by atoms with Gasteiger partial charge in [0.1, 0.15) is 0 Å². The van der Waals surface area contributed by atoms with Gasteiger partial charge in [-0.3, -0.25) is 4.79 Å². The second kappa shape index (κ2) is 9.87. The van der Waals surface area contributed by atoms with Crippen LogP contribution in [0.5, 0.6) is 0 Å². The zero-order valence-corrected chi connectivity index (χ0v) is 10.8. The normalized spacial score (nSPS) is 19.2. The minimum Gasteiger partial charge on any atom is -0.385 e. The van der Waals surface area contributed by atoms with Gasteiger partial charge in [0.25, 0.3) is 0 Å². The van der Waals surface area contributed by atoms with E-state index in [2.05, 4.69) is 10.6 Å². The van der Waals surface area contributed by atoms with Crippen LogP contribution in [-0.4, -0.2) is 38.8 Å². The molecule has 0 saturated carbocycles. The molecule has 2 N–H and O–H groups in total. The molecule has 96 valence electrons. The van der Waals surface area contributed by atoms with E-state index in [1.807, 2.05) is 0 Å². The number of hydrogen-bond donors (Lipinski definition) is 2. The first-order valence-electron chi connectivity index (χ1n) is 5.82. The van der Waals surface area contributed by atoms with Crippen molar-refractivity contribution in [2.24, 2.45) is 0 Å². The molecule has 1 fully saturated rings. The molecule has 0 bridgehead atoms. The minimum atomic E-state index is 0. The highest BCUT2D eigenvalue weighted by molar-refractivity contribution is 5.85. The maximum atomic E-state index is 11.4. The lowest BCUT2D eigenvalue weighted by molar-refractivity contribution is -0.121. The van der Waals surface area contributed by atoms with E-state index >= 15 is 0 Å². The molecule has 16 heavy (non-hydrogen) atoms. The van der Waals surface area contributed by atoms with Crippen LogP contribution in [0.15, 0.2) is 0 Å². The molecule has 1 unspecified atom stereocenters. The molecule has 1 amide bonds. The van der Waals surface area contributed by atoms with E-state index in [-0.39, 0.29) is 18.3 Å². The first-order chi connectivity index (χ1) is 7.33. The molecule has 0 spiro atoms. The Morgan fingerprint density at radius 2 is 2.31 bits per heavy atom. The summed E-state index contributed by atoms with van der Waals surface area (Å²) in [4.78, 5) is 11.4. The molecule has 1 aliphatic rings. The van der Waals surface area contributed by atoms with Gasteiger partial charge in [-0.05, 0) is 32.2 Å². The predicted molar refractivity (Wildman–Crippen MR) is 67.0 cm³/mol. The molecule has 1 aliphatic heterocycles. The number of ether oxygens (including phenoxy) is 1. The van der Waals surface area contributed by atoms with Crippen LogP contribution in [0.3, 0.4) is 0 Å². The molecule has 5 heteroatoms. The van der Waals surface area contributed by atoms with Crippen LogP contribution < -0.4 is 10.6 Å². The van der Waals surface area contributed by atoms with Gasteiger partial charge in [0.2, 0.25) is 5.91 Å². The summed E-state index contributed by atoms with van der Waals surface area (Å²) in [5.41, 5.74) is 0. The molecule has 1 saturated heterocycles. The van der Waals surface area contributed by atoms with Crippen molar-refractivity contribution in [2.45, 2.75) is 38.1 Å². The van der Waals surface area contributed by atoms with Gasteiger partial charge in [-0.25, -0.2) is 0 Å². The zero-order chi connectivity index (χ0) is 10.9. The number of carbonyl (C=O) groups excluding carboxylic acids is 1. The van der Waals surface area contributed by atoms with Crippen molar-refractivity contribution in [3.63, 3.8) is 0 Å². The third kappa shape index (κ3) is 7.04. The van der Waals surface area contributed by atoms with Crippen LogP contribution in [0, 0.1) is 0 Å². The number of amides is 1. The van der Waals surface area contributed by atoms with Crippen molar-refractivity contribution in [3.8, 4) is 0 Å². The van der Waals surface area contributed by atoms with Crippen LogP contribution >= 0.6 is 12.4 Å². The van der Waals surface area contributed by atoms with Crippen LogP contribution in [0.2, 0.25) is 0 Å². The number of hydrogen-bond acceptors (Lipinski definition) is 3. The van der Waals surface area contributed by atoms with Crippen LogP contribution in [0.25, 0.3) is 0 Å². The van der Waals surface area contributed by atoms with E-state index in [0.717, 1.165) is 39.0 Å². The number of unbranched alkanes of at least 4 members (excludes halogenated alkanes) is 1. The quantitative estimate of drug-likeness (QED) is 0.666. The molecule has 0 aromatic carbocycles. The van der Waals surface area contributed by atoms with Gasteiger partial charge in [0, 0.05) is 32.7 Å². The van der Waals surface area contributed by atoms with E-state index in [0.29, 0.717) is 12.5 Å². The number of rotatable bonds is 7. The molecular formula is C11H23ClN2O2. The fourth-order valence-corrected chi connectivity index (χ4v) is 1.83. The smallest absolute Gasteiger partial charge is 0.221 e. The summed E-state index contributed by atoms with van der Waals surface area (Å²) < 4.78 is 4.93. The Balaban J connectivity index is 0.00000225. The Morgan fingerprint density at radius 1 is 1.50 bits per heavy atom. The van der Waals surface area contributed by atoms with E-state index in [1.165, 1.54) is 6.42 Å². The minimum absolute atomic E-state index is 0. The Bertz CT molecular complexity index is 185. The number of methoxy groups -OCH3 is 1. The van der Waals surface area contributed by atoms with Gasteiger partial charge >= 0.3 is 0 Å². The molecule has 1 rings (SSSR count). The second-order valence-electron chi connectivity index (χ2n) is 4.05. The second-order valence-corrected chi connectivity index (χ2v) is 4.05. The lowest BCUT2D eigenvalue weighted by Gasteiger charge is -2.10. The highest BCUT2D eigenvalue weighted by Crippen LogP contribution is 2.07. The van der Waals surface area contributed by atoms with Crippen molar-refractivity contribution in [2.75, 3.05) is 26.8 Å². The highest BCUT2D eigenvalue weighted by Gasteiger charge is 2.16. The Morgan fingerprint density at radius 3 is 2.94 bits per heavy atom. The van der Waals surface area contributed by atoms with Crippen molar-refractivity contribution < 1.29 is 9.53 Å². The van der Waals surface area contributed by atoms with Gasteiger partial charge in [-0.15, -0.1) is 12.4 Å². The monoisotopic (exact) mass is 250 g/mol. The highest BCUT2D eigenvalue weighted by atomic mass is 35.5. The number of carbonyl (C=O) groups is 1. The van der Waals surface area contributed by atoms with Crippen molar-refractivity contribution >= 4 is 18.3 Å². The summed E-state index contributed by atoms with van der Waals surface area (Å²) in [6.45, 7) is 2.61. The van der Waals surface area contributed by atoms with Crippen molar-refractivity contribution in [1.82, 2.24) is 10.6 Å². The third-order valence-corrected chi connectivity index (χ3v) is 2.69. The summed E-state index contributed by atoms with van der Waals surface area (Å²) in [5, 5.41) is 6.25. The first-order valence-corrected chi connectivity index (χ1v) is 5.82. The van der Waals surface area contributed by atoms with Gasteiger partial charge in [-0.1, -0.05) is 0 Å². The summed E-state index contributed by atoms with van der Waals surface area (Å²) in [5.74, 6) is 0.173. The van der Waals surface area contributed by atoms with E-state index in [9.17, 15) is 4.79 Å². The van der Waals surface area contributed by atoms with Gasteiger partial charge < -0.3 is 15.4 Å². The van der Waals surface area contributed by atoms with Gasteiger partial charge in [0.05, 0.1) is 0 Å². The predicted octanol–water partition coefficient (Wildman–Crippen LogP) is 1.09. The third-order valence-electron chi connectivity index (χ3n) is 2.69. The summed E-state index contributed by atoms with van der Waals surface area (Å²) in [6, 6.07) is 0.406. The molecule has 1 atom stereocenters. The Hall–Kier alpha value is -0.320.